The summed E-state index contributed by atoms with van der Waals surface area (Å²) < 4.78 is 19.8. The van der Waals surface area contributed by atoms with Gasteiger partial charge in [-0.1, -0.05) is 43.0 Å². The molecule has 0 unspecified atom stereocenters. The maximum Gasteiger partial charge on any atom is 0.412 e. The number of unbranched alkanes of at least 4 members (excludes halogenated alkanes) is 2. The fraction of sp³-hybridized carbons (Fsp3) is 0.667. The predicted octanol–water partition coefficient (Wildman–Crippen LogP) is 6.73. The Bertz CT molecular complexity index is 1250. The van der Waals surface area contributed by atoms with E-state index in [9.17, 15) is 15.0 Å². The van der Waals surface area contributed by atoms with E-state index in [1.54, 1.807) is 19.3 Å². The molecule has 0 bridgehead atoms. The molecule has 5 rings (SSSR count). The number of carbonyl (C=O) groups excluding carboxylic acids is 1. The van der Waals surface area contributed by atoms with E-state index in [4.69, 9.17) is 19.0 Å². The molecular formula is C36H52N2O7S. The van der Waals surface area contributed by atoms with E-state index < -0.39 is 11.9 Å². The van der Waals surface area contributed by atoms with Crippen LogP contribution in [-0.4, -0.2) is 71.8 Å². The first-order valence-corrected chi connectivity index (χ1v) is 18.2. The molecule has 1 aliphatic heterocycles. The SMILES string of the molecule is C=CCO[C@@]12Oc3ccc(OC(=O)NCC)cc3[C@H]3[C@H](CCCCO)[C@@H](CCCCO)C=C(C(=NOC)C[C@@H]1SC1CCCC1)[C@H]32. The van der Waals surface area contributed by atoms with Gasteiger partial charge in [-0.3, -0.25) is 0 Å². The molecule has 46 heavy (non-hydrogen) atoms. The van der Waals surface area contributed by atoms with Crippen molar-refractivity contribution in [2.45, 2.75) is 99.8 Å². The minimum absolute atomic E-state index is 0.0294. The van der Waals surface area contributed by atoms with Crippen molar-refractivity contribution in [1.82, 2.24) is 5.32 Å². The van der Waals surface area contributed by atoms with Gasteiger partial charge in [0, 0.05) is 42.9 Å². The number of nitrogens with zero attached hydrogens (tertiary/aromatic N) is 1. The number of nitrogens with one attached hydrogen (secondary N) is 1. The fourth-order valence-electron chi connectivity index (χ4n) is 8.16. The second-order valence-corrected chi connectivity index (χ2v) is 14.4. The van der Waals surface area contributed by atoms with Gasteiger partial charge in [0.25, 0.3) is 0 Å². The van der Waals surface area contributed by atoms with Crippen LogP contribution in [0.15, 0.2) is 47.7 Å². The van der Waals surface area contributed by atoms with Crippen LogP contribution in [0.25, 0.3) is 0 Å². The summed E-state index contributed by atoms with van der Waals surface area (Å²) >= 11 is 1.98. The van der Waals surface area contributed by atoms with Crippen molar-refractivity contribution in [3.05, 3.63) is 48.1 Å². The number of amides is 1. The third kappa shape index (κ3) is 7.45. The monoisotopic (exact) mass is 656 g/mol. The van der Waals surface area contributed by atoms with Crippen LogP contribution in [0.1, 0.15) is 89.0 Å². The van der Waals surface area contributed by atoms with Crippen LogP contribution in [-0.2, 0) is 9.57 Å². The lowest BCUT2D eigenvalue weighted by atomic mass is 9.56. The molecule has 3 aliphatic carbocycles. The lowest BCUT2D eigenvalue weighted by Gasteiger charge is -2.58. The van der Waals surface area contributed by atoms with Crippen molar-refractivity contribution < 1.29 is 34.1 Å². The summed E-state index contributed by atoms with van der Waals surface area (Å²) in [4.78, 5) is 18.0. The van der Waals surface area contributed by atoms with Crippen molar-refractivity contribution >= 4 is 23.6 Å². The zero-order valence-corrected chi connectivity index (χ0v) is 28.3. The Morgan fingerprint density at radius 1 is 1.17 bits per heavy atom. The van der Waals surface area contributed by atoms with Crippen LogP contribution < -0.4 is 14.8 Å². The number of fused-ring (bicyclic) bond motifs is 2. The molecule has 6 atom stereocenters. The zero-order valence-electron chi connectivity index (χ0n) is 27.5. The summed E-state index contributed by atoms with van der Waals surface area (Å²) in [5.41, 5.74) is 3.04. The molecule has 10 heteroatoms. The molecular weight excluding hydrogens is 604 g/mol. The van der Waals surface area contributed by atoms with Crippen molar-refractivity contribution in [3.8, 4) is 11.5 Å². The molecule has 1 aromatic carbocycles. The normalized spacial score (nSPS) is 29.3. The molecule has 0 radical (unpaired) electrons. The lowest BCUT2D eigenvalue weighted by Crippen LogP contribution is -2.64. The molecule has 1 amide bonds. The number of rotatable bonds is 16. The van der Waals surface area contributed by atoms with Gasteiger partial charge in [0.15, 0.2) is 0 Å². The van der Waals surface area contributed by atoms with Gasteiger partial charge in [0.1, 0.15) is 18.6 Å². The van der Waals surface area contributed by atoms with E-state index in [0.717, 1.165) is 61.1 Å². The number of thioether (sulfide) groups is 1. The van der Waals surface area contributed by atoms with Crippen LogP contribution in [0.3, 0.4) is 0 Å². The quantitative estimate of drug-likeness (QED) is 0.102. The first-order chi connectivity index (χ1) is 22.5. The second-order valence-electron chi connectivity index (χ2n) is 12.9. The van der Waals surface area contributed by atoms with Crippen LogP contribution in [0.5, 0.6) is 11.5 Å². The highest BCUT2D eigenvalue weighted by Gasteiger charge is 2.64. The van der Waals surface area contributed by atoms with Gasteiger partial charge in [-0.15, -0.1) is 18.3 Å². The molecule has 4 aliphatic rings. The van der Waals surface area contributed by atoms with E-state index in [1.807, 2.05) is 30.8 Å². The van der Waals surface area contributed by atoms with Gasteiger partial charge >= 0.3 is 6.09 Å². The molecule has 1 aromatic rings. The largest absolute Gasteiger partial charge is 0.460 e. The number of hydrogen-bond acceptors (Lipinski definition) is 9. The number of carbonyl (C=O) groups is 1. The van der Waals surface area contributed by atoms with Gasteiger partial charge < -0.3 is 34.6 Å². The number of aliphatic hydroxyl groups excluding tert-OH is 2. The van der Waals surface area contributed by atoms with Crippen molar-refractivity contribution in [2.24, 2.45) is 22.9 Å². The Morgan fingerprint density at radius 2 is 1.93 bits per heavy atom. The third-order valence-corrected chi connectivity index (χ3v) is 11.7. The second kappa shape index (κ2) is 16.5. The van der Waals surface area contributed by atoms with Crippen LogP contribution >= 0.6 is 11.8 Å². The van der Waals surface area contributed by atoms with Gasteiger partial charge in [0.2, 0.25) is 5.79 Å². The van der Waals surface area contributed by atoms with E-state index in [0.29, 0.717) is 30.6 Å². The van der Waals surface area contributed by atoms with Gasteiger partial charge in [-0.05, 0) is 81.1 Å². The minimum Gasteiger partial charge on any atom is -0.460 e. The molecule has 1 heterocycles. The van der Waals surface area contributed by atoms with Crippen LogP contribution in [0.2, 0.25) is 0 Å². The van der Waals surface area contributed by atoms with Crippen molar-refractivity contribution in [2.75, 3.05) is 33.5 Å². The first-order valence-electron chi connectivity index (χ1n) is 17.2. The Morgan fingerprint density at radius 3 is 2.63 bits per heavy atom. The number of aliphatic hydroxyl groups is 2. The number of hydrogen-bond donors (Lipinski definition) is 3. The summed E-state index contributed by atoms with van der Waals surface area (Å²) in [6.45, 7) is 6.99. The Labute approximate surface area is 278 Å². The maximum atomic E-state index is 12.5. The van der Waals surface area contributed by atoms with E-state index in [1.165, 1.54) is 25.7 Å². The highest BCUT2D eigenvalue weighted by atomic mass is 32.2. The highest BCUT2D eigenvalue weighted by molar-refractivity contribution is 8.00. The maximum absolute atomic E-state index is 12.5. The summed E-state index contributed by atoms with van der Waals surface area (Å²) in [5, 5.41) is 27.3. The number of ether oxygens (including phenoxy) is 3. The van der Waals surface area contributed by atoms with Crippen LogP contribution in [0, 0.1) is 17.8 Å². The number of allylic oxidation sites excluding steroid dienone is 1. The molecule has 2 saturated carbocycles. The molecule has 3 N–H and O–H groups in total. The summed E-state index contributed by atoms with van der Waals surface area (Å²) in [6, 6.07) is 5.70. The zero-order chi connectivity index (χ0) is 32.5. The van der Waals surface area contributed by atoms with Gasteiger partial charge in [0.05, 0.1) is 23.5 Å². The van der Waals surface area contributed by atoms with Crippen LogP contribution in [0.4, 0.5) is 4.79 Å². The van der Waals surface area contributed by atoms with E-state index in [2.05, 4.69) is 23.1 Å². The average Bonchev–Trinajstić information content (AvgIpc) is 3.56. The number of benzene rings is 1. The van der Waals surface area contributed by atoms with Crippen molar-refractivity contribution in [3.63, 3.8) is 0 Å². The van der Waals surface area contributed by atoms with Gasteiger partial charge in [-0.2, -0.15) is 0 Å². The Balaban J connectivity index is 1.69. The van der Waals surface area contributed by atoms with Crippen molar-refractivity contribution in [1.29, 1.82) is 0 Å². The lowest BCUT2D eigenvalue weighted by molar-refractivity contribution is -0.223. The molecule has 9 nitrogen and oxygen atoms in total. The smallest absolute Gasteiger partial charge is 0.412 e. The fourth-order valence-corrected chi connectivity index (χ4v) is 9.94. The topological polar surface area (TPSA) is 119 Å². The van der Waals surface area contributed by atoms with E-state index in [-0.39, 0.29) is 42.1 Å². The predicted molar refractivity (Wildman–Crippen MR) is 182 cm³/mol. The third-order valence-electron chi connectivity index (χ3n) is 10.0. The molecule has 0 saturated heterocycles. The standard InChI is InChI=1S/C36H52N2O7S/c1-4-20-43-36-32(46-26-13-6-7-14-26)23-30(38-42-3)28-21-24(12-8-10-18-39)27(15-9-11-19-40)33(34(28)36)29-22-25(16-17-31(29)45-36)44-35(41)37-5-2/h4,16-17,21-22,24,26-27,32-34,39-40H,1,5-15,18-20,23H2,2-3H3,(H,37,41)/t24-,27+,32-,33+,34+,36+/m0/s1. The molecule has 254 valence electrons. The van der Waals surface area contributed by atoms with E-state index >= 15 is 0 Å². The Kier molecular flexibility index (Phi) is 12.5. The summed E-state index contributed by atoms with van der Waals surface area (Å²) in [6.07, 6.45) is 14.3. The molecule has 0 aromatic heterocycles. The average molecular weight is 657 g/mol. The molecule has 0 spiro atoms. The highest BCUT2D eigenvalue weighted by Crippen LogP contribution is 2.63. The molecule has 2 fully saturated rings. The van der Waals surface area contributed by atoms with Gasteiger partial charge in [-0.25, -0.2) is 4.79 Å². The number of oxime groups is 1. The minimum atomic E-state index is -0.967. The summed E-state index contributed by atoms with van der Waals surface area (Å²) in [5.74, 6) is 0.442. The first kappa shape index (κ1) is 34.8. The summed E-state index contributed by atoms with van der Waals surface area (Å²) in [7, 11) is 1.61. The Hall–Kier alpha value is -2.53.